The zero-order valence-electron chi connectivity index (χ0n) is 20.1. The van der Waals surface area contributed by atoms with Gasteiger partial charge >= 0.3 is 0 Å². The number of aromatic amines is 1. The van der Waals surface area contributed by atoms with Gasteiger partial charge in [-0.2, -0.15) is 0 Å². The van der Waals surface area contributed by atoms with Gasteiger partial charge in [-0.1, -0.05) is 66.7 Å². The molecule has 0 atom stereocenters. The Morgan fingerprint density at radius 1 is 0.615 bits per heavy atom. The monoisotopic (exact) mass is 347 g/mol. The molecule has 2 heterocycles. The van der Waals surface area contributed by atoms with E-state index in [4.69, 9.17) is 8.91 Å². The second-order valence-electron chi connectivity index (χ2n) is 6.74. The molecule has 0 aliphatic heterocycles. The van der Waals surface area contributed by atoms with Crippen LogP contribution in [0.2, 0.25) is 0 Å². The molecule has 2 heteroatoms. The van der Waals surface area contributed by atoms with E-state index < -0.39 is 0 Å². The van der Waals surface area contributed by atoms with Gasteiger partial charge in [0.2, 0.25) is 0 Å². The molecule has 0 amide bonds. The molecule has 26 heavy (non-hydrogen) atoms. The molecule has 0 saturated heterocycles. The van der Waals surface area contributed by atoms with Gasteiger partial charge in [0.15, 0.2) is 0 Å². The molecule has 0 aliphatic carbocycles. The lowest BCUT2D eigenvalue weighted by Gasteiger charge is -2.08. The molecular weight excluding hydrogens is 316 g/mol. The van der Waals surface area contributed by atoms with E-state index >= 15 is 0 Å². The van der Waals surface area contributed by atoms with E-state index in [1.54, 1.807) is 0 Å². The predicted molar refractivity (Wildman–Crippen MR) is 119 cm³/mol. The van der Waals surface area contributed by atoms with E-state index in [0.717, 1.165) is 0 Å². The highest BCUT2D eigenvalue weighted by molar-refractivity contribution is 6.22. The minimum absolute atomic E-state index is 0. The Labute approximate surface area is 161 Å². The van der Waals surface area contributed by atoms with Gasteiger partial charge < -0.3 is 9.55 Å². The van der Waals surface area contributed by atoms with E-state index in [9.17, 15) is 0 Å². The lowest BCUT2D eigenvalue weighted by atomic mass is 10.1. The first-order valence-corrected chi connectivity index (χ1v) is 8.90. The molecule has 2 nitrogen and oxygen atoms in total. The minimum atomic E-state index is 0. The van der Waals surface area contributed by atoms with Crippen LogP contribution in [0.5, 0.6) is 0 Å². The standard InChI is InChI=1S/C24H16N2.4H2/c1-2-8-16(9-3-1)26-22-13-7-5-11-18(22)20-15-14-19-17-10-4-6-12-21(17)25-23(19)24(20)26;;;;/h1-15,25H;4*1H/i;3*1+1D;1+1. The van der Waals surface area contributed by atoms with Crippen LogP contribution in [0.1, 0.15) is 10.3 Å². The normalized spacial score (nSPS) is 12.8. The number of hydrogen-bond acceptors (Lipinski definition) is 0. The van der Waals surface area contributed by atoms with Gasteiger partial charge in [-0.25, -0.2) is 0 Å². The van der Waals surface area contributed by atoms with Crippen LogP contribution in [0, 0.1) is 0 Å². The molecule has 0 unspecified atom stereocenters. The third-order valence-corrected chi connectivity index (χ3v) is 5.33. The molecule has 0 bridgehead atoms. The first-order valence-electron chi connectivity index (χ1n) is 11.9. The quantitative estimate of drug-likeness (QED) is 0.320. The molecule has 0 fully saturated rings. The largest absolute Gasteiger partial charge is 0.353 e. The van der Waals surface area contributed by atoms with Gasteiger partial charge in [0.1, 0.15) is 0 Å². The van der Waals surface area contributed by atoms with Gasteiger partial charge in [0.25, 0.3) is 0 Å². The van der Waals surface area contributed by atoms with Gasteiger partial charge in [0.05, 0.1) is 16.6 Å². The Morgan fingerprint density at radius 2 is 1.31 bits per heavy atom. The van der Waals surface area contributed by atoms with Crippen LogP contribution in [0.3, 0.4) is 0 Å². The van der Waals surface area contributed by atoms with Crippen molar-refractivity contribution in [1.29, 1.82) is 0 Å². The van der Waals surface area contributed by atoms with Crippen LogP contribution in [-0.2, 0) is 0 Å². The second kappa shape index (κ2) is 4.99. The number of H-pyrrole nitrogens is 1. The fraction of sp³-hybridized carbons (Fsp3) is 0. The molecule has 1 N–H and O–H groups in total. The Balaban J connectivity index is 0.000000513. The second-order valence-corrected chi connectivity index (χ2v) is 6.74. The maximum Gasteiger partial charge on any atom is 0.0783 e. The average Bonchev–Trinajstić information content (AvgIpc) is 3.44. The molecule has 130 valence electrons. The lowest BCUT2D eigenvalue weighted by molar-refractivity contribution is 1.18. The number of rotatable bonds is 1. The summed E-state index contributed by atoms with van der Waals surface area (Å²) in [5, 5.41) is 5.11. The number of nitrogens with zero attached hydrogens (tertiary/aromatic N) is 1. The summed E-state index contributed by atoms with van der Waals surface area (Å²) in [6, 6.07) is 32.3. The first-order chi connectivity index (χ1) is 15.9. The van der Waals surface area contributed by atoms with Gasteiger partial charge in [-0.05, 0) is 24.3 Å². The summed E-state index contributed by atoms with van der Waals surface area (Å²) < 4.78 is 32.4. The SMILES string of the molecule is [2HH].[2H][2H].[2H][2H].[2H][2H].c1ccc(-n2c3ccccc3c3ccc4c5ccccc5[nH]c4c32)cc1. The van der Waals surface area contributed by atoms with Crippen molar-refractivity contribution in [3.63, 3.8) is 0 Å². The Morgan fingerprint density at radius 3 is 2.19 bits per heavy atom. The fourth-order valence-corrected chi connectivity index (χ4v) is 4.22. The van der Waals surface area contributed by atoms with Crippen LogP contribution >= 0.6 is 0 Å². The van der Waals surface area contributed by atoms with Crippen LogP contribution in [0.25, 0.3) is 49.3 Å². The summed E-state index contributed by atoms with van der Waals surface area (Å²) in [5.74, 6) is 0. The highest BCUT2D eigenvalue weighted by atomic mass is 15.0. The number of benzene rings is 4. The molecule has 0 spiro atoms. The van der Waals surface area contributed by atoms with E-state index in [0.29, 0.717) is 0 Å². The van der Waals surface area contributed by atoms with Crippen molar-refractivity contribution in [2.24, 2.45) is 0 Å². The number of hydrogen-bond donors (Lipinski definition) is 1. The minimum Gasteiger partial charge on any atom is -0.353 e. The van der Waals surface area contributed by atoms with Gasteiger partial charge in [-0.15, -0.1) is 0 Å². The summed E-state index contributed by atoms with van der Waals surface area (Å²) >= 11 is 0. The third kappa shape index (κ3) is 1.71. The van der Waals surface area contributed by atoms with Crippen molar-refractivity contribution >= 4 is 43.6 Å². The predicted octanol–water partition coefficient (Wildman–Crippen LogP) is 7.40. The van der Waals surface area contributed by atoms with E-state index in [1.807, 2.05) is 0 Å². The van der Waals surface area contributed by atoms with Gasteiger partial charge in [-0.3, -0.25) is 0 Å². The number of para-hydroxylation sites is 3. The van der Waals surface area contributed by atoms with Gasteiger partial charge in [0, 0.05) is 43.1 Å². The molecule has 4 aromatic carbocycles. The Kier molecular flexibility index (Phi) is 2.14. The number of aromatic nitrogens is 2. The van der Waals surface area contributed by atoms with Crippen LogP contribution in [0.15, 0.2) is 91.0 Å². The lowest BCUT2D eigenvalue weighted by Crippen LogP contribution is -1.93. The molecule has 6 aromatic rings. The Bertz CT molecular complexity index is 1440. The zero-order chi connectivity index (χ0) is 23.1. The van der Waals surface area contributed by atoms with Crippen LogP contribution in [-0.4, -0.2) is 9.55 Å². The first kappa shape index (κ1) is 11.2. The van der Waals surface area contributed by atoms with E-state index in [2.05, 4.69) is 101 Å². The highest BCUT2D eigenvalue weighted by Crippen LogP contribution is 2.38. The van der Waals surface area contributed by atoms with Crippen molar-refractivity contribution in [2.45, 2.75) is 0 Å². The van der Waals surface area contributed by atoms with E-state index in [1.165, 1.54) is 49.3 Å². The van der Waals surface area contributed by atoms with Crippen molar-refractivity contribution < 1.29 is 10.3 Å². The molecular formula is C24H24N2. The van der Waals surface area contributed by atoms with Crippen molar-refractivity contribution in [3.8, 4) is 5.69 Å². The number of nitrogens with one attached hydrogen (secondary N) is 1. The van der Waals surface area contributed by atoms with Crippen LogP contribution < -0.4 is 0 Å². The van der Waals surface area contributed by atoms with Crippen LogP contribution in [0.4, 0.5) is 0 Å². The van der Waals surface area contributed by atoms with E-state index in [-0.39, 0.29) is 1.43 Å². The summed E-state index contributed by atoms with van der Waals surface area (Å²) in [6.45, 7) is 0. The molecule has 2 aromatic heterocycles. The summed E-state index contributed by atoms with van der Waals surface area (Å²) in [4.78, 5) is 3.67. The van der Waals surface area contributed by atoms with Crippen molar-refractivity contribution in [3.05, 3.63) is 91.0 Å². The molecule has 0 radical (unpaired) electrons. The smallest absolute Gasteiger partial charge is 0.0783 e. The summed E-state index contributed by atoms with van der Waals surface area (Å²) in [5.41, 5.74) is 6.04. The summed E-state index contributed by atoms with van der Waals surface area (Å²) in [6.07, 6.45) is 0. The maximum absolute atomic E-state index is 5.00. The van der Waals surface area contributed by atoms with Crippen molar-refractivity contribution in [1.82, 2.24) is 9.55 Å². The zero-order valence-corrected chi connectivity index (χ0v) is 14.1. The third-order valence-electron chi connectivity index (χ3n) is 5.33. The molecule has 6 rings (SSSR count). The average molecular weight is 348 g/mol. The highest BCUT2D eigenvalue weighted by Gasteiger charge is 2.16. The topological polar surface area (TPSA) is 20.7 Å². The fourth-order valence-electron chi connectivity index (χ4n) is 4.22. The molecule has 0 aliphatic rings. The number of fused-ring (bicyclic) bond motifs is 7. The Hall–Kier alpha value is -3.52. The van der Waals surface area contributed by atoms with Crippen molar-refractivity contribution in [2.75, 3.05) is 0 Å². The summed E-state index contributed by atoms with van der Waals surface area (Å²) in [7, 11) is 0. The maximum atomic E-state index is 5.00. The molecule has 0 saturated carbocycles.